The third kappa shape index (κ3) is 18.7. The summed E-state index contributed by atoms with van der Waals surface area (Å²) in [6.07, 6.45) is -86.6. The fourth-order valence-corrected chi connectivity index (χ4v) is 13.1. The van der Waals surface area contributed by atoms with Gasteiger partial charge in [0.1, 0.15) is 201 Å². The van der Waals surface area contributed by atoms with E-state index >= 15 is 0 Å². The van der Waals surface area contributed by atoms with Crippen LogP contribution in [0.15, 0.2) is 0 Å². The number of aldehydes is 1. The molecule has 8 aliphatic heterocycles. The zero-order valence-corrected chi connectivity index (χ0v) is 55.7. The van der Waals surface area contributed by atoms with E-state index in [0.717, 1.165) is 13.8 Å². The van der Waals surface area contributed by atoms with E-state index in [1.54, 1.807) is 0 Å². The van der Waals surface area contributed by atoms with Crippen LogP contribution in [0.25, 0.3) is 0 Å². The Morgan fingerprint density at radius 1 is 0.340 bits per heavy atom. The van der Waals surface area contributed by atoms with Crippen LogP contribution < -0.4 is 10.6 Å². The summed E-state index contributed by atoms with van der Waals surface area (Å²) in [7, 11) is 0. The maximum absolute atomic E-state index is 13.5. The van der Waals surface area contributed by atoms with Crippen molar-refractivity contribution in [2.45, 2.75) is 305 Å². The van der Waals surface area contributed by atoms with Crippen molar-refractivity contribution in [2.75, 3.05) is 39.6 Å². The summed E-state index contributed by atoms with van der Waals surface area (Å²) in [6.45, 7) is -1.55. The van der Waals surface area contributed by atoms with Gasteiger partial charge in [0.05, 0.1) is 58.0 Å². The van der Waals surface area contributed by atoms with E-state index < -0.39 is 321 Å². The van der Waals surface area contributed by atoms with Crippen molar-refractivity contribution in [1.82, 2.24) is 10.6 Å². The lowest BCUT2D eigenvalue weighted by Gasteiger charge is -2.52. The Bertz CT molecular complexity index is 2640. The predicted molar refractivity (Wildman–Crippen MR) is 317 cm³/mol. The summed E-state index contributed by atoms with van der Waals surface area (Å²) >= 11 is 0. The van der Waals surface area contributed by atoms with Gasteiger partial charge in [-0.2, -0.15) is 0 Å². The Labute approximate surface area is 584 Å². The fraction of sp³-hybridized carbons (Fsp3) is 0.948. The van der Waals surface area contributed by atoms with Gasteiger partial charge >= 0.3 is 0 Å². The van der Waals surface area contributed by atoms with Crippen LogP contribution in [0.1, 0.15) is 34.6 Å². The molecule has 44 atom stereocenters. The number of nitrogens with one attached hydrogen (secondary N) is 2. The van der Waals surface area contributed by atoms with E-state index in [2.05, 4.69) is 10.6 Å². The first-order valence-electron chi connectivity index (χ1n) is 33.0. The summed E-state index contributed by atoms with van der Waals surface area (Å²) < 4.78 is 95.2. The molecule has 8 rings (SSSR count). The van der Waals surface area contributed by atoms with Crippen molar-refractivity contribution in [1.29, 1.82) is 0 Å². The molecule has 2 amide bonds. The maximum Gasteiger partial charge on any atom is 0.217 e. The quantitative estimate of drug-likeness (QED) is 0.0324. The van der Waals surface area contributed by atoms with E-state index in [4.69, 9.17) is 75.8 Å². The molecule has 44 unspecified atom stereocenters. The molecule has 0 aromatic rings. The molecule has 0 saturated carbocycles. The maximum atomic E-state index is 13.5. The Hall–Kier alpha value is -2.99. The number of amides is 2. The van der Waals surface area contributed by atoms with Gasteiger partial charge in [0.25, 0.3) is 0 Å². The average Bonchev–Trinajstić information content (AvgIpc) is 0.761. The van der Waals surface area contributed by atoms with Gasteiger partial charge in [-0.25, -0.2) is 0 Å². The molecule has 103 heavy (non-hydrogen) atoms. The summed E-state index contributed by atoms with van der Waals surface area (Å²) in [5.41, 5.74) is 0. The standard InChI is InChI=1S/C58H98N2O43/c1-13-27(72)33(78)37(82)53(88-13)96-43(18(70)6-61)44(19(71)7-62)97-57-41(86)49(31(76)21(9-64)92-57)102-51-25(59-16(4)68)47(100-55-39(84)35(80)29(74)15(3)90-55)46(24(12-67)95-51)99-58-42(87)50(32(77)22(10-65)93-58)103-52-26(60-17(5)69)48(101-56-40(85)36(81)30(75)20(8-63)91-56)45(23(11-66)94-52)98-54-38(83)34(79)28(73)14(2)89-54/h6,13-15,18-58,62-67,70-87H,7-12H2,1-5H3,(H,59,68)(H,60,69). The topological polar surface area (TPSA) is 708 Å². The molecule has 0 aromatic heterocycles. The Kier molecular flexibility index (Phi) is 30.9. The minimum absolute atomic E-state index is 0.162. The number of hydrogen-bond acceptors (Lipinski definition) is 43. The van der Waals surface area contributed by atoms with E-state index in [-0.39, 0.29) is 6.29 Å². The second-order valence-corrected chi connectivity index (χ2v) is 26.2. The molecule has 8 heterocycles. The molecular weight excluding hydrogens is 1410 g/mol. The van der Waals surface area contributed by atoms with Crippen LogP contribution in [0.5, 0.6) is 0 Å². The molecule has 26 N–H and O–H groups in total. The van der Waals surface area contributed by atoms with Crippen LogP contribution in [0.3, 0.4) is 0 Å². The number of aliphatic hydroxyl groups is 24. The number of ether oxygens (including phenoxy) is 16. The van der Waals surface area contributed by atoms with Crippen LogP contribution >= 0.6 is 0 Å². The smallest absolute Gasteiger partial charge is 0.217 e. The highest BCUT2D eigenvalue weighted by Gasteiger charge is 2.61. The summed E-state index contributed by atoms with van der Waals surface area (Å²) in [5, 5.41) is 269. The van der Waals surface area contributed by atoms with E-state index in [1.165, 1.54) is 20.8 Å². The van der Waals surface area contributed by atoms with Crippen LogP contribution in [0, 0.1) is 0 Å². The number of rotatable bonds is 28. The third-order valence-electron chi connectivity index (χ3n) is 19.0. The molecule has 0 aromatic carbocycles. The molecule has 8 saturated heterocycles. The SMILES string of the molecule is CC(=O)NC1C(OC2C(O)C(CO)OC(OC(C(O)CO)C(OC3OC(C)C(O)C(O)C3O)C(O)C=O)C2O)OC(CO)C(OC2OC(CO)C(O)C(OC3OC(CO)C(OC4OC(C)C(O)C(O)C4O)C(OC4OC(CO)C(O)C(O)C4O)C3NC(C)=O)C2O)C1OC1OC(C)C(O)C(O)C1O. The van der Waals surface area contributed by atoms with Gasteiger partial charge in [-0.05, 0) is 20.8 Å². The zero-order valence-electron chi connectivity index (χ0n) is 55.7. The largest absolute Gasteiger partial charge is 0.394 e. The van der Waals surface area contributed by atoms with Crippen molar-refractivity contribution in [3.63, 3.8) is 0 Å². The molecule has 598 valence electrons. The second-order valence-electron chi connectivity index (χ2n) is 26.2. The fourth-order valence-electron chi connectivity index (χ4n) is 13.1. The lowest BCUT2D eigenvalue weighted by Crippen LogP contribution is -2.72. The molecule has 45 heteroatoms. The van der Waals surface area contributed by atoms with E-state index in [0.29, 0.717) is 0 Å². The number of carbonyl (C=O) groups is 3. The van der Waals surface area contributed by atoms with Gasteiger partial charge in [-0.3, -0.25) is 9.59 Å². The zero-order chi connectivity index (χ0) is 76.2. The monoisotopic (exact) mass is 1510 g/mol. The molecule has 0 aliphatic carbocycles. The van der Waals surface area contributed by atoms with Crippen LogP contribution in [-0.2, 0) is 90.2 Å². The van der Waals surface area contributed by atoms with Crippen LogP contribution in [0.4, 0.5) is 0 Å². The van der Waals surface area contributed by atoms with Gasteiger partial charge in [0.2, 0.25) is 11.8 Å². The highest BCUT2D eigenvalue weighted by molar-refractivity contribution is 5.73. The minimum Gasteiger partial charge on any atom is -0.394 e. The van der Waals surface area contributed by atoms with Crippen molar-refractivity contribution in [3.05, 3.63) is 0 Å². The van der Waals surface area contributed by atoms with Gasteiger partial charge in [-0.1, -0.05) is 0 Å². The summed E-state index contributed by atoms with van der Waals surface area (Å²) in [6, 6.07) is -4.04. The van der Waals surface area contributed by atoms with Crippen molar-refractivity contribution in [2.24, 2.45) is 0 Å². The second kappa shape index (κ2) is 37.1. The van der Waals surface area contributed by atoms with Gasteiger partial charge in [-0.15, -0.1) is 0 Å². The summed E-state index contributed by atoms with van der Waals surface area (Å²) in [5.74, 6) is -2.00. The number of aliphatic hydroxyl groups excluding tert-OH is 24. The van der Waals surface area contributed by atoms with E-state index in [9.17, 15) is 137 Å². The molecule has 0 radical (unpaired) electrons. The number of carbonyl (C=O) groups excluding carboxylic acids is 3. The lowest BCUT2D eigenvalue weighted by molar-refractivity contribution is -0.399. The molecular formula is C58H98N2O43. The van der Waals surface area contributed by atoms with Gasteiger partial charge in [0, 0.05) is 13.8 Å². The van der Waals surface area contributed by atoms with Crippen molar-refractivity contribution in [3.8, 4) is 0 Å². The van der Waals surface area contributed by atoms with Gasteiger partial charge in [0.15, 0.2) is 56.6 Å². The van der Waals surface area contributed by atoms with E-state index in [1.807, 2.05) is 0 Å². The van der Waals surface area contributed by atoms with Gasteiger partial charge < -0.3 is 214 Å². The highest BCUT2D eigenvalue weighted by Crippen LogP contribution is 2.40. The first-order valence-corrected chi connectivity index (χ1v) is 33.0. The Morgan fingerprint density at radius 2 is 0.621 bits per heavy atom. The normalized spacial score (nSPS) is 49.0. The third-order valence-corrected chi connectivity index (χ3v) is 19.0. The number of hydrogen-bond donors (Lipinski definition) is 26. The first kappa shape index (κ1) is 85.6. The average molecular weight is 1510 g/mol. The van der Waals surface area contributed by atoms with Crippen LogP contribution in [0.2, 0.25) is 0 Å². The molecule has 0 bridgehead atoms. The molecule has 0 spiro atoms. The highest BCUT2D eigenvalue weighted by atomic mass is 16.8. The lowest BCUT2D eigenvalue weighted by atomic mass is 9.93. The molecule has 45 nitrogen and oxygen atoms in total. The van der Waals surface area contributed by atoms with Crippen molar-refractivity contribution < 1.29 is 213 Å². The molecule has 8 fully saturated rings. The summed E-state index contributed by atoms with van der Waals surface area (Å²) in [4.78, 5) is 39.0. The first-order chi connectivity index (χ1) is 48.6. The Balaban J connectivity index is 1.14. The molecule has 8 aliphatic rings. The minimum atomic E-state index is -2.48. The predicted octanol–water partition coefficient (Wildman–Crippen LogP) is -17.4. The van der Waals surface area contributed by atoms with Crippen molar-refractivity contribution >= 4 is 18.1 Å². The van der Waals surface area contributed by atoms with Crippen LogP contribution in [-0.4, -0.2) is 450 Å². The Morgan fingerprint density at radius 3 is 0.990 bits per heavy atom.